The number of carbonyl (C=O) groups is 2. The van der Waals surface area contributed by atoms with Gasteiger partial charge in [0.25, 0.3) is 0 Å². The summed E-state index contributed by atoms with van der Waals surface area (Å²) in [7, 11) is 0. The number of aliphatic hydroxyl groups excluding tert-OH is 1. The zero-order valence-electron chi connectivity index (χ0n) is 9.69. The highest BCUT2D eigenvalue weighted by Crippen LogP contribution is 2.19. The van der Waals surface area contributed by atoms with Gasteiger partial charge in [0.2, 0.25) is 5.91 Å². The van der Waals surface area contributed by atoms with Gasteiger partial charge in [-0.15, -0.1) is 0 Å². The summed E-state index contributed by atoms with van der Waals surface area (Å²) in [5.41, 5.74) is 0.778. The van der Waals surface area contributed by atoms with E-state index in [2.05, 4.69) is 4.98 Å². The second-order valence-electron chi connectivity index (χ2n) is 4.32. The van der Waals surface area contributed by atoms with Crippen LogP contribution in [0.3, 0.4) is 0 Å². The largest absolute Gasteiger partial charge is 0.480 e. The third kappa shape index (κ3) is 2.65. The Kier molecular flexibility index (Phi) is 3.57. The van der Waals surface area contributed by atoms with Crippen molar-refractivity contribution >= 4 is 11.9 Å². The van der Waals surface area contributed by atoms with Crippen LogP contribution in [0.4, 0.5) is 0 Å². The van der Waals surface area contributed by atoms with Gasteiger partial charge in [0.1, 0.15) is 6.04 Å². The quantitative estimate of drug-likeness (QED) is 0.766. The minimum atomic E-state index is -1.07. The van der Waals surface area contributed by atoms with Crippen molar-refractivity contribution in [2.45, 2.75) is 25.0 Å². The number of hydrogen-bond acceptors (Lipinski definition) is 4. The second-order valence-corrected chi connectivity index (χ2v) is 4.32. The SMILES string of the molecule is O=C(O)[C@@H]1CC(O)CN1C(=O)Cc1ccncc1. The van der Waals surface area contributed by atoms with Crippen LogP contribution >= 0.6 is 0 Å². The highest BCUT2D eigenvalue weighted by molar-refractivity contribution is 5.85. The summed E-state index contributed by atoms with van der Waals surface area (Å²) >= 11 is 0. The van der Waals surface area contributed by atoms with Gasteiger partial charge >= 0.3 is 5.97 Å². The fraction of sp³-hybridized carbons (Fsp3) is 0.417. The Hall–Kier alpha value is -1.95. The lowest BCUT2D eigenvalue weighted by Gasteiger charge is -2.21. The van der Waals surface area contributed by atoms with Gasteiger partial charge in [-0.25, -0.2) is 4.79 Å². The van der Waals surface area contributed by atoms with Crippen LogP contribution in [0.5, 0.6) is 0 Å². The number of hydrogen-bond donors (Lipinski definition) is 2. The smallest absolute Gasteiger partial charge is 0.326 e. The Morgan fingerprint density at radius 1 is 1.39 bits per heavy atom. The molecule has 0 spiro atoms. The van der Waals surface area contributed by atoms with Gasteiger partial charge in [-0.2, -0.15) is 0 Å². The van der Waals surface area contributed by atoms with Crippen LogP contribution < -0.4 is 0 Å². The number of carboxylic acids is 1. The molecule has 1 amide bonds. The predicted octanol–water partition coefficient (Wildman–Crippen LogP) is -0.330. The van der Waals surface area contributed by atoms with Crippen molar-refractivity contribution in [2.75, 3.05) is 6.54 Å². The maximum Gasteiger partial charge on any atom is 0.326 e. The van der Waals surface area contributed by atoms with Crippen LogP contribution in [0, 0.1) is 0 Å². The molecule has 0 bridgehead atoms. The van der Waals surface area contributed by atoms with E-state index in [1.807, 2.05) is 0 Å². The van der Waals surface area contributed by atoms with E-state index in [9.17, 15) is 14.7 Å². The molecule has 2 rings (SSSR count). The molecular weight excluding hydrogens is 236 g/mol. The molecule has 2 N–H and O–H groups in total. The molecule has 6 nitrogen and oxygen atoms in total. The van der Waals surface area contributed by atoms with Crippen molar-refractivity contribution in [3.63, 3.8) is 0 Å². The summed E-state index contributed by atoms with van der Waals surface area (Å²) < 4.78 is 0. The van der Waals surface area contributed by atoms with E-state index in [4.69, 9.17) is 5.11 Å². The first-order valence-corrected chi connectivity index (χ1v) is 5.67. The monoisotopic (exact) mass is 250 g/mol. The van der Waals surface area contributed by atoms with E-state index in [-0.39, 0.29) is 25.3 Å². The van der Waals surface area contributed by atoms with Gasteiger partial charge in [-0.3, -0.25) is 9.78 Å². The maximum absolute atomic E-state index is 12.0. The molecule has 1 saturated heterocycles. The third-order valence-electron chi connectivity index (χ3n) is 2.99. The van der Waals surface area contributed by atoms with Gasteiger partial charge in [0.05, 0.1) is 12.5 Å². The Labute approximate surface area is 104 Å². The number of β-amino-alcohol motifs (C(OH)–C–C–N with tert-alkyl or cyclic N) is 1. The minimum Gasteiger partial charge on any atom is -0.480 e. The minimum absolute atomic E-state index is 0.0842. The zero-order valence-corrected chi connectivity index (χ0v) is 9.69. The van der Waals surface area contributed by atoms with Crippen molar-refractivity contribution in [3.05, 3.63) is 30.1 Å². The summed E-state index contributed by atoms with van der Waals surface area (Å²) in [6.45, 7) is 0.0842. The number of aliphatic hydroxyl groups is 1. The standard InChI is InChI=1S/C12H14N2O4/c15-9-6-10(12(17)18)14(7-9)11(16)5-8-1-3-13-4-2-8/h1-4,9-10,15H,5-7H2,(H,17,18)/t9?,10-/m0/s1. The maximum atomic E-state index is 12.0. The van der Waals surface area contributed by atoms with E-state index >= 15 is 0 Å². The first-order chi connectivity index (χ1) is 8.58. The second kappa shape index (κ2) is 5.14. The Morgan fingerprint density at radius 3 is 2.67 bits per heavy atom. The lowest BCUT2D eigenvalue weighted by atomic mass is 10.1. The topological polar surface area (TPSA) is 90.7 Å². The predicted molar refractivity (Wildman–Crippen MR) is 61.7 cm³/mol. The fourth-order valence-corrected chi connectivity index (χ4v) is 2.10. The molecule has 0 saturated carbocycles. The molecule has 1 aliphatic heterocycles. The summed E-state index contributed by atoms with van der Waals surface area (Å²) in [6, 6.07) is 2.50. The van der Waals surface area contributed by atoms with Gasteiger partial charge in [-0.1, -0.05) is 0 Å². The summed E-state index contributed by atoms with van der Waals surface area (Å²) in [5.74, 6) is -1.36. The van der Waals surface area contributed by atoms with Gasteiger partial charge in [0, 0.05) is 25.4 Å². The first-order valence-electron chi connectivity index (χ1n) is 5.67. The number of rotatable bonds is 3. The lowest BCUT2D eigenvalue weighted by Crippen LogP contribution is -2.41. The summed E-state index contributed by atoms with van der Waals surface area (Å²) in [5, 5.41) is 18.5. The molecule has 0 radical (unpaired) electrons. The Balaban J connectivity index is 2.06. The van der Waals surface area contributed by atoms with Crippen LogP contribution in [-0.2, 0) is 16.0 Å². The van der Waals surface area contributed by atoms with E-state index < -0.39 is 18.1 Å². The van der Waals surface area contributed by atoms with Crippen molar-refractivity contribution in [1.82, 2.24) is 9.88 Å². The normalized spacial score (nSPS) is 23.1. The number of amides is 1. The molecule has 1 fully saturated rings. The van der Waals surface area contributed by atoms with E-state index in [1.54, 1.807) is 24.5 Å². The average molecular weight is 250 g/mol. The van der Waals surface area contributed by atoms with Crippen LogP contribution in [0.15, 0.2) is 24.5 Å². The summed E-state index contributed by atoms with van der Waals surface area (Å²) in [6.07, 6.45) is 2.62. The van der Waals surface area contributed by atoms with Gasteiger partial charge in [-0.05, 0) is 17.7 Å². The highest BCUT2D eigenvalue weighted by atomic mass is 16.4. The molecule has 2 atom stereocenters. The van der Waals surface area contributed by atoms with Crippen LogP contribution in [0.2, 0.25) is 0 Å². The van der Waals surface area contributed by atoms with E-state index in [1.165, 1.54) is 4.90 Å². The van der Waals surface area contributed by atoms with Crippen LogP contribution in [-0.4, -0.2) is 50.7 Å². The lowest BCUT2D eigenvalue weighted by molar-refractivity contribution is -0.148. The molecule has 1 aliphatic rings. The number of carbonyl (C=O) groups excluding carboxylic acids is 1. The molecule has 96 valence electrons. The molecule has 1 unspecified atom stereocenters. The number of likely N-dealkylation sites (tertiary alicyclic amines) is 1. The third-order valence-corrected chi connectivity index (χ3v) is 2.99. The zero-order chi connectivity index (χ0) is 13.1. The van der Waals surface area contributed by atoms with Gasteiger partial charge < -0.3 is 15.1 Å². The van der Waals surface area contributed by atoms with E-state index in [0.29, 0.717) is 0 Å². The first kappa shape index (κ1) is 12.5. The number of nitrogens with zero attached hydrogens (tertiary/aromatic N) is 2. The molecule has 6 heteroatoms. The molecular formula is C12H14N2O4. The molecule has 2 heterocycles. The molecule has 18 heavy (non-hydrogen) atoms. The molecule has 0 aromatic carbocycles. The Bertz CT molecular complexity index is 449. The highest BCUT2D eigenvalue weighted by Gasteiger charge is 2.38. The van der Waals surface area contributed by atoms with Crippen LogP contribution in [0.1, 0.15) is 12.0 Å². The number of carboxylic acid groups (broad SMARTS) is 1. The number of pyridine rings is 1. The van der Waals surface area contributed by atoms with Crippen molar-refractivity contribution in [3.8, 4) is 0 Å². The number of aliphatic carboxylic acids is 1. The van der Waals surface area contributed by atoms with Crippen molar-refractivity contribution < 1.29 is 19.8 Å². The van der Waals surface area contributed by atoms with Crippen LogP contribution in [0.25, 0.3) is 0 Å². The Morgan fingerprint density at radius 2 is 2.06 bits per heavy atom. The number of aromatic nitrogens is 1. The molecule has 1 aromatic heterocycles. The average Bonchev–Trinajstić information content (AvgIpc) is 2.73. The summed E-state index contributed by atoms with van der Waals surface area (Å²) in [4.78, 5) is 28.1. The fourth-order valence-electron chi connectivity index (χ4n) is 2.10. The van der Waals surface area contributed by atoms with E-state index in [0.717, 1.165) is 5.56 Å². The molecule has 1 aromatic rings. The molecule has 0 aliphatic carbocycles. The van der Waals surface area contributed by atoms with Crippen molar-refractivity contribution in [2.24, 2.45) is 0 Å². The van der Waals surface area contributed by atoms with Crippen molar-refractivity contribution in [1.29, 1.82) is 0 Å². The van der Waals surface area contributed by atoms with Gasteiger partial charge in [0.15, 0.2) is 0 Å².